The van der Waals surface area contributed by atoms with Crippen LogP contribution in [0.3, 0.4) is 0 Å². The zero-order chi connectivity index (χ0) is 23.4. The molecule has 0 fully saturated rings. The number of nitrogens with one attached hydrogen (secondary N) is 1. The van der Waals surface area contributed by atoms with Gasteiger partial charge in [-0.15, -0.1) is 39.4 Å². The summed E-state index contributed by atoms with van der Waals surface area (Å²) in [6.07, 6.45) is 1.81. The first kappa shape index (κ1) is 23.7. The van der Waals surface area contributed by atoms with Crippen LogP contribution in [0.1, 0.15) is 24.6 Å². The Morgan fingerprint density at radius 3 is 2.70 bits per heavy atom. The molecule has 0 radical (unpaired) electrons. The van der Waals surface area contributed by atoms with E-state index in [4.69, 9.17) is 11.6 Å². The maximum atomic E-state index is 12.5. The molecule has 0 saturated heterocycles. The molecule has 0 saturated carbocycles. The third-order valence-corrected chi connectivity index (χ3v) is 7.91. The van der Waals surface area contributed by atoms with Gasteiger partial charge in [0.2, 0.25) is 5.91 Å². The highest BCUT2D eigenvalue weighted by atomic mass is 35.5. The van der Waals surface area contributed by atoms with Crippen molar-refractivity contribution in [3.8, 4) is 22.6 Å². The van der Waals surface area contributed by atoms with Crippen molar-refractivity contribution in [3.05, 3.63) is 63.6 Å². The van der Waals surface area contributed by atoms with Crippen molar-refractivity contribution in [3.63, 3.8) is 0 Å². The van der Waals surface area contributed by atoms with Gasteiger partial charge in [-0.2, -0.15) is 0 Å². The van der Waals surface area contributed by atoms with Gasteiger partial charge in [0.15, 0.2) is 16.1 Å². The fourth-order valence-electron chi connectivity index (χ4n) is 3.05. The molecule has 1 N–H and O–H groups in total. The van der Waals surface area contributed by atoms with Crippen LogP contribution in [0.5, 0.6) is 0 Å². The van der Waals surface area contributed by atoms with Gasteiger partial charge in [-0.05, 0) is 24.1 Å². The number of hydrogen-bond acceptors (Lipinski definition) is 7. The summed E-state index contributed by atoms with van der Waals surface area (Å²) in [6.45, 7) is 8.76. The summed E-state index contributed by atoms with van der Waals surface area (Å²) in [5.74, 6) is 1.30. The van der Waals surface area contributed by atoms with Gasteiger partial charge in [0.25, 0.3) is 0 Å². The highest BCUT2D eigenvalue weighted by Gasteiger charge is 2.17. The Kier molecular flexibility index (Phi) is 7.64. The Bertz CT molecular complexity index is 1260. The smallest absolute Gasteiger partial charge is 0.236 e. The fourth-order valence-corrected chi connectivity index (χ4v) is 5.56. The van der Waals surface area contributed by atoms with Gasteiger partial charge < -0.3 is 5.32 Å². The molecule has 33 heavy (non-hydrogen) atoms. The first-order valence-corrected chi connectivity index (χ1v) is 13.3. The number of hydrogen-bond donors (Lipinski definition) is 1. The lowest BCUT2D eigenvalue weighted by Gasteiger charge is -2.07. The number of aromatic nitrogens is 4. The summed E-state index contributed by atoms with van der Waals surface area (Å²) in [4.78, 5) is 18.3. The Morgan fingerprint density at radius 1 is 1.21 bits per heavy atom. The molecule has 4 rings (SSSR count). The van der Waals surface area contributed by atoms with Crippen molar-refractivity contribution >= 4 is 57.1 Å². The second kappa shape index (κ2) is 10.6. The van der Waals surface area contributed by atoms with Crippen molar-refractivity contribution < 1.29 is 4.79 Å². The van der Waals surface area contributed by atoms with Gasteiger partial charge >= 0.3 is 0 Å². The molecule has 0 aliphatic carbocycles. The van der Waals surface area contributed by atoms with Crippen LogP contribution in [-0.2, 0) is 11.3 Å². The van der Waals surface area contributed by atoms with Crippen molar-refractivity contribution in [1.82, 2.24) is 19.7 Å². The number of anilines is 1. The summed E-state index contributed by atoms with van der Waals surface area (Å²) in [6, 6.07) is 9.60. The number of amides is 1. The van der Waals surface area contributed by atoms with Crippen LogP contribution in [0.2, 0.25) is 5.02 Å². The highest BCUT2D eigenvalue weighted by molar-refractivity contribution is 7.99. The van der Waals surface area contributed by atoms with Gasteiger partial charge in [0.1, 0.15) is 0 Å². The van der Waals surface area contributed by atoms with Crippen LogP contribution in [0.4, 0.5) is 5.13 Å². The van der Waals surface area contributed by atoms with Crippen LogP contribution in [0.15, 0.2) is 58.9 Å². The molecule has 4 aromatic rings. The third-order valence-electron chi connectivity index (χ3n) is 4.70. The van der Waals surface area contributed by atoms with E-state index in [-0.39, 0.29) is 11.7 Å². The van der Waals surface area contributed by atoms with Gasteiger partial charge in [-0.3, -0.25) is 9.36 Å². The third kappa shape index (κ3) is 5.73. The number of nitrogens with zero attached hydrogens (tertiary/aromatic N) is 4. The van der Waals surface area contributed by atoms with Crippen LogP contribution in [0, 0.1) is 0 Å². The summed E-state index contributed by atoms with van der Waals surface area (Å²) < 4.78 is 1.99. The quantitative estimate of drug-likeness (QED) is 0.195. The second-order valence-electron chi connectivity index (χ2n) is 7.48. The molecule has 3 aromatic heterocycles. The molecule has 10 heteroatoms. The van der Waals surface area contributed by atoms with Crippen molar-refractivity contribution in [2.24, 2.45) is 0 Å². The number of thioether (sulfide) groups is 1. The zero-order valence-electron chi connectivity index (χ0n) is 18.1. The van der Waals surface area contributed by atoms with Crippen molar-refractivity contribution in [2.45, 2.75) is 31.5 Å². The van der Waals surface area contributed by atoms with Crippen LogP contribution < -0.4 is 5.32 Å². The second-order valence-corrected chi connectivity index (χ2v) is 10.7. The molecule has 1 amide bonds. The minimum atomic E-state index is -0.149. The zero-order valence-corrected chi connectivity index (χ0v) is 21.3. The van der Waals surface area contributed by atoms with E-state index >= 15 is 0 Å². The lowest BCUT2D eigenvalue weighted by molar-refractivity contribution is -0.113. The number of benzene rings is 1. The van der Waals surface area contributed by atoms with E-state index in [1.165, 1.54) is 28.0 Å². The largest absolute Gasteiger partial charge is 0.301 e. The number of carbonyl (C=O) groups is 1. The molecule has 0 spiro atoms. The Labute approximate surface area is 209 Å². The number of thiophene rings is 1. The monoisotopic (exact) mass is 515 g/mol. The van der Waals surface area contributed by atoms with E-state index in [0.717, 1.165) is 22.6 Å². The molecule has 0 bridgehead atoms. The molecule has 170 valence electrons. The van der Waals surface area contributed by atoms with Crippen molar-refractivity contribution in [2.75, 3.05) is 11.1 Å². The number of allylic oxidation sites excluding steroid dienone is 1. The molecule has 3 heterocycles. The average molecular weight is 516 g/mol. The van der Waals surface area contributed by atoms with Crippen LogP contribution >= 0.6 is 46.0 Å². The lowest BCUT2D eigenvalue weighted by Crippen LogP contribution is -2.14. The summed E-state index contributed by atoms with van der Waals surface area (Å²) in [7, 11) is 0. The SMILES string of the molecule is C=CCn1c(SCC(=O)Nc2nc(-c3ccc(Cl)cc3)cs2)nnc1-c1csc(C(C)C)c1. The normalized spacial score (nSPS) is 11.2. The topological polar surface area (TPSA) is 72.7 Å². The first-order valence-electron chi connectivity index (χ1n) is 10.2. The van der Waals surface area contributed by atoms with Gasteiger partial charge in [0, 0.05) is 38.3 Å². The standard InChI is InChI=1S/C23H22ClN5OS3/c1-4-9-29-21(16-10-19(14(2)3)31-11-16)27-28-23(29)33-13-20(30)26-22-25-18(12-32-22)15-5-7-17(24)8-6-15/h4-8,10-12,14H,1,9,13H2,2-3H3,(H,25,26,30). The number of thiazole rings is 1. The maximum Gasteiger partial charge on any atom is 0.236 e. The highest BCUT2D eigenvalue weighted by Crippen LogP contribution is 2.31. The van der Waals surface area contributed by atoms with E-state index in [1.54, 1.807) is 17.4 Å². The van der Waals surface area contributed by atoms with Gasteiger partial charge in [0.05, 0.1) is 11.4 Å². The Morgan fingerprint density at radius 2 is 2.00 bits per heavy atom. The van der Waals surface area contributed by atoms with Crippen LogP contribution in [-0.4, -0.2) is 31.4 Å². The molecular formula is C23H22ClN5OS3. The molecule has 0 atom stereocenters. The fraction of sp³-hybridized carbons (Fsp3) is 0.217. The predicted octanol–water partition coefficient (Wildman–Crippen LogP) is 6.82. The predicted molar refractivity (Wildman–Crippen MR) is 140 cm³/mol. The number of rotatable bonds is 9. The molecule has 6 nitrogen and oxygen atoms in total. The summed E-state index contributed by atoms with van der Waals surface area (Å²) in [5, 5.41) is 17.5. The van der Waals surface area contributed by atoms with Gasteiger partial charge in [-0.25, -0.2) is 4.98 Å². The minimum absolute atomic E-state index is 0.149. The van der Waals surface area contributed by atoms with Gasteiger partial charge in [-0.1, -0.05) is 55.4 Å². The lowest BCUT2D eigenvalue weighted by atomic mass is 10.1. The first-order chi connectivity index (χ1) is 15.9. The minimum Gasteiger partial charge on any atom is -0.301 e. The van der Waals surface area contributed by atoms with E-state index in [1.807, 2.05) is 34.2 Å². The molecular weight excluding hydrogens is 494 g/mol. The average Bonchev–Trinajstić information content (AvgIpc) is 3.53. The summed E-state index contributed by atoms with van der Waals surface area (Å²) >= 11 is 10.4. The Hall–Kier alpha value is -2.46. The molecule has 0 aliphatic heterocycles. The summed E-state index contributed by atoms with van der Waals surface area (Å²) in [5.41, 5.74) is 2.78. The number of halogens is 1. The van der Waals surface area contributed by atoms with Crippen molar-refractivity contribution in [1.29, 1.82) is 0 Å². The Balaban J connectivity index is 1.41. The maximum absolute atomic E-state index is 12.5. The van der Waals surface area contributed by atoms with E-state index in [9.17, 15) is 4.79 Å². The number of carbonyl (C=O) groups excluding carboxylic acids is 1. The van der Waals surface area contributed by atoms with E-state index in [0.29, 0.717) is 27.8 Å². The van der Waals surface area contributed by atoms with E-state index in [2.05, 4.69) is 52.4 Å². The molecule has 0 unspecified atom stereocenters. The molecule has 1 aromatic carbocycles. The van der Waals surface area contributed by atoms with E-state index < -0.39 is 0 Å². The van der Waals surface area contributed by atoms with Crippen LogP contribution in [0.25, 0.3) is 22.6 Å². The molecule has 0 aliphatic rings.